The van der Waals surface area contributed by atoms with Crippen molar-refractivity contribution in [2.75, 3.05) is 0 Å². The largest absolute Gasteiger partial charge is 0.411 e. The van der Waals surface area contributed by atoms with Crippen LogP contribution in [0.1, 0.15) is 10.4 Å². The Hall–Kier alpha value is -1.91. The predicted octanol–water partition coefficient (Wildman–Crippen LogP) is 0.0280. The Labute approximate surface area is 73.9 Å². The molecule has 0 saturated heterocycles. The van der Waals surface area contributed by atoms with Gasteiger partial charge in [-0.05, 0) is 6.07 Å². The molecule has 0 aliphatic carbocycles. The molecule has 0 aromatic carbocycles. The van der Waals surface area contributed by atoms with E-state index in [0.29, 0.717) is 5.56 Å². The van der Waals surface area contributed by atoms with E-state index >= 15 is 0 Å². The Kier molecular flexibility index (Phi) is 2.59. The summed E-state index contributed by atoms with van der Waals surface area (Å²) in [6, 6.07) is 2.66. The SMILES string of the molecule is Cn1cc(C(=O)C=NO)ccc1=O. The minimum absolute atomic E-state index is 0.197. The lowest BCUT2D eigenvalue weighted by Crippen LogP contribution is -2.16. The van der Waals surface area contributed by atoms with Gasteiger partial charge in [0.05, 0.1) is 0 Å². The molecule has 0 unspecified atom stereocenters. The molecule has 0 spiro atoms. The summed E-state index contributed by atoms with van der Waals surface area (Å²) in [5, 5.41) is 10.7. The third-order valence-electron chi connectivity index (χ3n) is 1.55. The molecular weight excluding hydrogens is 172 g/mol. The van der Waals surface area contributed by atoms with Gasteiger partial charge in [-0.2, -0.15) is 0 Å². The number of aromatic nitrogens is 1. The first-order valence-electron chi connectivity index (χ1n) is 3.53. The summed E-state index contributed by atoms with van der Waals surface area (Å²) in [6.45, 7) is 0. The number of hydrogen-bond acceptors (Lipinski definition) is 4. The average molecular weight is 180 g/mol. The van der Waals surface area contributed by atoms with Gasteiger partial charge in [-0.3, -0.25) is 9.59 Å². The van der Waals surface area contributed by atoms with Crippen LogP contribution in [0.15, 0.2) is 28.3 Å². The predicted molar refractivity (Wildman–Crippen MR) is 46.3 cm³/mol. The van der Waals surface area contributed by atoms with Gasteiger partial charge in [0, 0.05) is 24.9 Å². The van der Waals surface area contributed by atoms with E-state index < -0.39 is 5.78 Å². The first-order valence-corrected chi connectivity index (χ1v) is 3.53. The number of carbonyl (C=O) groups is 1. The fourth-order valence-corrected chi connectivity index (χ4v) is 0.867. The Bertz CT molecular complexity index is 406. The summed E-state index contributed by atoms with van der Waals surface area (Å²) in [5.74, 6) is -0.446. The van der Waals surface area contributed by atoms with E-state index in [1.165, 1.54) is 29.9 Å². The van der Waals surface area contributed by atoms with Crippen molar-refractivity contribution in [2.24, 2.45) is 12.2 Å². The summed E-state index contributed by atoms with van der Waals surface area (Å²) >= 11 is 0. The first kappa shape index (κ1) is 9.18. The fourth-order valence-electron chi connectivity index (χ4n) is 0.867. The lowest BCUT2D eigenvalue weighted by Gasteiger charge is -1.97. The maximum Gasteiger partial charge on any atom is 0.250 e. The molecule has 0 atom stereocenters. The molecule has 1 rings (SSSR count). The molecule has 0 bridgehead atoms. The van der Waals surface area contributed by atoms with Crippen molar-refractivity contribution < 1.29 is 10.0 Å². The van der Waals surface area contributed by atoms with Gasteiger partial charge in [0.15, 0.2) is 0 Å². The Balaban J connectivity index is 3.11. The van der Waals surface area contributed by atoms with Crippen molar-refractivity contribution in [3.05, 3.63) is 34.2 Å². The minimum atomic E-state index is -0.446. The molecule has 0 aliphatic heterocycles. The maximum absolute atomic E-state index is 11.1. The van der Waals surface area contributed by atoms with Gasteiger partial charge in [-0.15, -0.1) is 0 Å². The van der Waals surface area contributed by atoms with Crippen LogP contribution in [0, 0.1) is 0 Å². The number of pyridine rings is 1. The van der Waals surface area contributed by atoms with Crippen molar-refractivity contribution in [1.82, 2.24) is 4.57 Å². The quantitative estimate of drug-likeness (QED) is 0.302. The normalized spacial score (nSPS) is 10.5. The lowest BCUT2D eigenvalue weighted by atomic mass is 10.2. The number of nitrogens with zero attached hydrogens (tertiary/aromatic N) is 2. The van der Waals surface area contributed by atoms with Gasteiger partial charge in [0.25, 0.3) is 0 Å². The van der Waals surface area contributed by atoms with Crippen molar-refractivity contribution in [3.8, 4) is 0 Å². The van der Waals surface area contributed by atoms with Crippen LogP contribution < -0.4 is 5.56 Å². The number of rotatable bonds is 2. The highest BCUT2D eigenvalue weighted by Gasteiger charge is 2.03. The van der Waals surface area contributed by atoms with Crippen molar-refractivity contribution in [1.29, 1.82) is 0 Å². The second-order valence-corrected chi connectivity index (χ2v) is 2.48. The number of ketones is 1. The van der Waals surface area contributed by atoms with E-state index in [1.54, 1.807) is 0 Å². The summed E-state index contributed by atoms with van der Waals surface area (Å²) < 4.78 is 1.28. The summed E-state index contributed by atoms with van der Waals surface area (Å²) in [6.07, 6.45) is 2.16. The van der Waals surface area contributed by atoms with Gasteiger partial charge in [0.1, 0.15) is 6.21 Å². The van der Waals surface area contributed by atoms with Crippen LogP contribution in [0.3, 0.4) is 0 Å². The topological polar surface area (TPSA) is 71.7 Å². The van der Waals surface area contributed by atoms with Gasteiger partial charge >= 0.3 is 0 Å². The van der Waals surface area contributed by atoms with E-state index in [9.17, 15) is 9.59 Å². The monoisotopic (exact) mass is 180 g/mol. The average Bonchev–Trinajstić information content (AvgIpc) is 2.10. The minimum Gasteiger partial charge on any atom is -0.411 e. The van der Waals surface area contributed by atoms with Crippen molar-refractivity contribution >= 4 is 12.0 Å². The van der Waals surface area contributed by atoms with Crippen molar-refractivity contribution in [3.63, 3.8) is 0 Å². The number of hydrogen-bond donors (Lipinski definition) is 1. The molecule has 1 aromatic heterocycles. The zero-order valence-corrected chi connectivity index (χ0v) is 6.97. The van der Waals surface area contributed by atoms with E-state index in [2.05, 4.69) is 5.16 Å². The maximum atomic E-state index is 11.1. The van der Waals surface area contributed by atoms with Crippen LogP contribution in [0.25, 0.3) is 0 Å². The zero-order valence-electron chi connectivity index (χ0n) is 6.97. The molecule has 1 aromatic rings. The fraction of sp³-hybridized carbons (Fsp3) is 0.125. The molecule has 0 radical (unpaired) electrons. The summed E-state index contributed by atoms with van der Waals surface area (Å²) in [5.41, 5.74) is 0.109. The molecule has 5 heteroatoms. The molecule has 5 nitrogen and oxygen atoms in total. The highest BCUT2D eigenvalue weighted by atomic mass is 16.4. The summed E-state index contributed by atoms with van der Waals surface area (Å²) in [4.78, 5) is 22.0. The number of oxime groups is 1. The third kappa shape index (κ3) is 2.02. The standard InChI is InChI=1S/C8H8N2O3/c1-10-5-6(2-3-8(10)12)7(11)4-9-13/h2-5,13H,1H3. The van der Waals surface area contributed by atoms with Gasteiger partial charge in [-0.25, -0.2) is 0 Å². The van der Waals surface area contributed by atoms with Crippen LogP contribution in [0.5, 0.6) is 0 Å². The summed E-state index contributed by atoms with van der Waals surface area (Å²) in [7, 11) is 1.54. The van der Waals surface area contributed by atoms with E-state index in [1.807, 2.05) is 0 Å². The molecule has 13 heavy (non-hydrogen) atoms. The Morgan fingerprint density at radius 3 is 2.85 bits per heavy atom. The Morgan fingerprint density at radius 2 is 2.31 bits per heavy atom. The van der Waals surface area contributed by atoms with Gasteiger partial charge in [0.2, 0.25) is 11.3 Å². The Morgan fingerprint density at radius 1 is 1.62 bits per heavy atom. The molecule has 1 heterocycles. The van der Waals surface area contributed by atoms with Crippen LogP contribution in [-0.4, -0.2) is 21.8 Å². The van der Waals surface area contributed by atoms with Crippen molar-refractivity contribution in [2.45, 2.75) is 0 Å². The van der Waals surface area contributed by atoms with E-state index in [4.69, 9.17) is 5.21 Å². The van der Waals surface area contributed by atoms with Crippen LogP contribution in [0.2, 0.25) is 0 Å². The van der Waals surface area contributed by atoms with Gasteiger partial charge < -0.3 is 9.77 Å². The number of Topliss-reactive ketones (excluding diaryl/α,β-unsaturated/α-hetero) is 1. The molecule has 0 saturated carbocycles. The smallest absolute Gasteiger partial charge is 0.250 e. The zero-order chi connectivity index (χ0) is 9.84. The lowest BCUT2D eigenvalue weighted by molar-refractivity contribution is 0.106. The highest BCUT2D eigenvalue weighted by molar-refractivity contribution is 6.35. The molecule has 0 aliphatic rings. The molecular formula is C8H8N2O3. The van der Waals surface area contributed by atoms with Crippen LogP contribution >= 0.6 is 0 Å². The number of carbonyl (C=O) groups excluding carboxylic acids is 1. The molecule has 68 valence electrons. The second kappa shape index (κ2) is 3.66. The first-order chi connectivity index (χ1) is 6.15. The van der Waals surface area contributed by atoms with E-state index in [-0.39, 0.29) is 5.56 Å². The van der Waals surface area contributed by atoms with Crippen LogP contribution in [-0.2, 0) is 7.05 Å². The van der Waals surface area contributed by atoms with Crippen LogP contribution in [0.4, 0.5) is 0 Å². The second-order valence-electron chi connectivity index (χ2n) is 2.48. The molecule has 1 N–H and O–H groups in total. The molecule has 0 fully saturated rings. The number of aryl methyl sites for hydroxylation is 1. The highest BCUT2D eigenvalue weighted by Crippen LogP contribution is 1.94. The van der Waals surface area contributed by atoms with E-state index in [0.717, 1.165) is 6.21 Å². The third-order valence-corrected chi connectivity index (χ3v) is 1.55. The van der Waals surface area contributed by atoms with Gasteiger partial charge in [-0.1, -0.05) is 5.16 Å². The molecule has 0 amide bonds.